The van der Waals surface area contributed by atoms with Crippen LogP contribution >= 0.6 is 0 Å². The SMILES string of the molecule is O=C(O)c1ccc(CNCc2cccc(CO)c2)nc1. The number of hydrogen-bond donors (Lipinski definition) is 3. The number of carboxylic acid groups (broad SMARTS) is 1. The molecule has 20 heavy (non-hydrogen) atoms. The molecule has 0 bridgehead atoms. The van der Waals surface area contributed by atoms with Crippen LogP contribution in [0.1, 0.15) is 27.2 Å². The van der Waals surface area contributed by atoms with Gasteiger partial charge in [-0.2, -0.15) is 0 Å². The van der Waals surface area contributed by atoms with E-state index in [0.29, 0.717) is 13.1 Å². The summed E-state index contributed by atoms with van der Waals surface area (Å²) in [5, 5.41) is 21.1. The average molecular weight is 272 g/mol. The molecule has 1 aromatic heterocycles. The highest BCUT2D eigenvalue weighted by Gasteiger charge is 2.02. The van der Waals surface area contributed by atoms with Gasteiger partial charge in [0, 0.05) is 19.3 Å². The second kappa shape index (κ2) is 6.79. The third kappa shape index (κ3) is 3.88. The molecule has 0 aliphatic carbocycles. The molecule has 0 unspecified atom stereocenters. The molecule has 0 spiro atoms. The Balaban J connectivity index is 1.87. The lowest BCUT2D eigenvalue weighted by Crippen LogP contribution is -2.14. The van der Waals surface area contributed by atoms with Gasteiger partial charge in [0.05, 0.1) is 17.9 Å². The Morgan fingerprint density at radius 3 is 2.60 bits per heavy atom. The van der Waals surface area contributed by atoms with Crippen LogP contribution in [-0.2, 0) is 19.7 Å². The fourth-order valence-corrected chi connectivity index (χ4v) is 1.83. The van der Waals surface area contributed by atoms with Gasteiger partial charge in [0.25, 0.3) is 0 Å². The predicted octanol–water partition coefficient (Wildman–Crippen LogP) is 1.56. The molecule has 0 aliphatic heterocycles. The summed E-state index contributed by atoms with van der Waals surface area (Å²) in [6.07, 6.45) is 1.35. The second-order valence-corrected chi connectivity index (χ2v) is 4.42. The first-order valence-corrected chi connectivity index (χ1v) is 6.26. The zero-order valence-electron chi connectivity index (χ0n) is 10.9. The van der Waals surface area contributed by atoms with Gasteiger partial charge in [-0.05, 0) is 23.3 Å². The number of benzene rings is 1. The van der Waals surface area contributed by atoms with Crippen molar-refractivity contribution in [2.75, 3.05) is 0 Å². The maximum absolute atomic E-state index is 10.7. The molecule has 2 rings (SSSR count). The van der Waals surface area contributed by atoms with E-state index >= 15 is 0 Å². The number of pyridine rings is 1. The molecule has 0 saturated heterocycles. The van der Waals surface area contributed by atoms with Gasteiger partial charge in [-0.1, -0.05) is 24.3 Å². The minimum atomic E-state index is -0.974. The number of aliphatic hydroxyl groups excluding tert-OH is 1. The summed E-state index contributed by atoms with van der Waals surface area (Å²) in [6.45, 7) is 1.26. The fourth-order valence-electron chi connectivity index (χ4n) is 1.83. The molecule has 0 radical (unpaired) electrons. The summed E-state index contributed by atoms with van der Waals surface area (Å²) in [5.74, 6) is -0.974. The molecule has 0 saturated carbocycles. The molecular formula is C15H16N2O3. The van der Waals surface area contributed by atoms with Gasteiger partial charge in [0.1, 0.15) is 0 Å². The molecule has 0 atom stereocenters. The van der Waals surface area contributed by atoms with Crippen LogP contribution in [0.25, 0.3) is 0 Å². The highest BCUT2D eigenvalue weighted by molar-refractivity contribution is 5.87. The van der Waals surface area contributed by atoms with Crippen LogP contribution in [0.2, 0.25) is 0 Å². The van der Waals surface area contributed by atoms with Gasteiger partial charge in [0.2, 0.25) is 0 Å². The highest BCUT2D eigenvalue weighted by atomic mass is 16.4. The Morgan fingerprint density at radius 2 is 1.95 bits per heavy atom. The molecule has 3 N–H and O–H groups in total. The molecular weight excluding hydrogens is 256 g/mol. The van der Waals surface area contributed by atoms with Crippen LogP contribution in [0.5, 0.6) is 0 Å². The van der Waals surface area contributed by atoms with E-state index in [9.17, 15) is 4.79 Å². The van der Waals surface area contributed by atoms with E-state index in [4.69, 9.17) is 10.2 Å². The van der Waals surface area contributed by atoms with E-state index in [0.717, 1.165) is 16.8 Å². The van der Waals surface area contributed by atoms with E-state index in [1.807, 2.05) is 24.3 Å². The zero-order valence-corrected chi connectivity index (χ0v) is 10.9. The van der Waals surface area contributed by atoms with Gasteiger partial charge in [-0.3, -0.25) is 4.98 Å². The standard InChI is InChI=1S/C15H16N2O3/c18-10-12-3-1-2-11(6-12)7-16-9-14-5-4-13(8-17-14)15(19)20/h1-6,8,16,18H,7,9-10H2,(H,19,20). The van der Waals surface area contributed by atoms with Gasteiger partial charge >= 0.3 is 5.97 Å². The van der Waals surface area contributed by atoms with E-state index in [-0.39, 0.29) is 12.2 Å². The van der Waals surface area contributed by atoms with E-state index < -0.39 is 5.97 Å². The number of aromatic carboxylic acids is 1. The molecule has 1 heterocycles. The van der Waals surface area contributed by atoms with Crippen molar-refractivity contribution in [3.63, 3.8) is 0 Å². The van der Waals surface area contributed by atoms with E-state index in [2.05, 4.69) is 10.3 Å². The molecule has 2 aromatic rings. The van der Waals surface area contributed by atoms with Crippen molar-refractivity contribution in [2.24, 2.45) is 0 Å². The molecule has 104 valence electrons. The van der Waals surface area contributed by atoms with Crippen molar-refractivity contribution in [2.45, 2.75) is 19.7 Å². The topological polar surface area (TPSA) is 82.5 Å². The normalized spacial score (nSPS) is 10.4. The number of nitrogens with one attached hydrogen (secondary N) is 1. The number of hydrogen-bond acceptors (Lipinski definition) is 4. The fraction of sp³-hybridized carbons (Fsp3) is 0.200. The van der Waals surface area contributed by atoms with Crippen LogP contribution in [-0.4, -0.2) is 21.2 Å². The number of nitrogens with zero attached hydrogens (tertiary/aromatic N) is 1. The summed E-state index contributed by atoms with van der Waals surface area (Å²) < 4.78 is 0. The zero-order chi connectivity index (χ0) is 14.4. The van der Waals surface area contributed by atoms with Crippen molar-refractivity contribution >= 4 is 5.97 Å². The maximum Gasteiger partial charge on any atom is 0.337 e. The van der Waals surface area contributed by atoms with E-state index in [1.54, 1.807) is 12.1 Å². The van der Waals surface area contributed by atoms with Crippen LogP contribution in [0.4, 0.5) is 0 Å². The Hall–Kier alpha value is -2.24. The first-order valence-electron chi connectivity index (χ1n) is 6.26. The summed E-state index contributed by atoms with van der Waals surface area (Å²) in [5.41, 5.74) is 2.93. The largest absolute Gasteiger partial charge is 0.478 e. The third-order valence-electron chi connectivity index (χ3n) is 2.88. The Labute approximate surface area is 116 Å². The van der Waals surface area contributed by atoms with Gasteiger partial charge in [-0.25, -0.2) is 4.79 Å². The van der Waals surface area contributed by atoms with Crippen molar-refractivity contribution < 1.29 is 15.0 Å². The maximum atomic E-state index is 10.7. The van der Waals surface area contributed by atoms with Crippen molar-refractivity contribution in [1.29, 1.82) is 0 Å². The van der Waals surface area contributed by atoms with E-state index in [1.165, 1.54) is 6.20 Å². The highest BCUT2D eigenvalue weighted by Crippen LogP contribution is 2.05. The minimum absolute atomic E-state index is 0.0338. The van der Waals surface area contributed by atoms with Gasteiger partial charge < -0.3 is 15.5 Å². The Kier molecular flexibility index (Phi) is 4.81. The Morgan fingerprint density at radius 1 is 1.15 bits per heavy atom. The number of aromatic nitrogens is 1. The molecule has 0 amide bonds. The lowest BCUT2D eigenvalue weighted by molar-refractivity contribution is 0.0696. The van der Waals surface area contributed by atoms with Crippen LogP contribution in [0, 0.1) is 0 Å². The smallest absolute Gasteiger partial charge is 0.337 e. The van der Waals surface area contributed by atoms with Crippen molar-refractivity contribution in [3.05, 3.63) is 65.0 Å². The quantitative estimate of drug-likeness (QED) is 0.743. The van der Waals surface area contributed by atoms with Crippen molar-refractivity contribution in [1.82, 2.24) is 10.3 Å². The molecule has 0 aliphatic rings. The lowest BCUT2D eigenvalue weighted by atomic mass is 10.1. The summed E-state index contributed by atoms with van der Waals surface area (Å²) in [7, 11) is 0. The number of rotatable bonds is 6. The molecule has 5 heteroatoms. The van der Waals surface area contributed by atoms with Crippen LogP contribution < -0.4 is 5.32 Å². The molecule has 1 aromatic carbocycles. The first kappa shape index (κ1) is 14.2. The van der Waals surface area contributed by atoms with Crippen LogP contribution in [0.15, 0.2) is 42.6 Å². The summed E-state index contributed by atoms with van der Waals surface area (Å²) >= 11 is 0. The van der Waals surface area contributed by atoms with Gasteiger partial charge in [0.15, 0.2) is 0 Å². The number of aliphatic hydroxyl groups is 1. The monoisotopic (exact) mass is 272 g/mol. The third-order valence-corrected chi connectivity index (χ3v) is 2.88. The number of carboxylic acids is 1. The number of carbonyl (C=O) groups is 1. The predicted molar refractivity (Wildman–Crippen MR) is 74.1 cm³/mol. The lowest BCUT2D eigenvalue weighted by Gasteiger charge is -2.06. The average Bonchev–Trinajstić information content (AvgIpc) is 2.48. The first-order chi connectivity index (χ1) is 9.69. The summed E-state index contributed by atoms with van der Waals surface area (Å²) in [4.78, 5) is 14.8. The van der Waals surface area contributed by atoms with Gasteiger partial charge in [-0.15, -0.1) is 0 Å². The molecule has 5 nitrogen and oxygen atoms in total. The minimum Gasteiger partial charge on any atom is -0.478 e. The Bertz CT molecular complexity index is 582. The molecule has 0 fully saturated rings. The van der Waals surface area contributed by atoms with Crippen LogP contribution in [0.3, 0.4) is 0 Å². The summed E-state index contributed by atoms with van der Waals surface area (Å²) in [6, 6.07) is 10.9. The van der Waals surface area contributed by atoms with Crippen molar-refractivity contribution in [3.8, 4) is 0 Å². The second-order valence-electron chi connectivity index (χ2n) is 4.42.